The van der Waals surface area contributed by atoms with Crippen LogP contribution in [-0.4, -0.2) is 69.9 Å². The number of aliphatic hydroxyl groups excluding tert-OH is 1. The number of carbonyl (C=O) groups excluding carboxylic acids is 2. The number of rotatable bonds is 8. The third-order valence-corrected chi connectivity index (χ3v) is 6.75. The second kappa shape index (κ2) is 10.9. The zero-order valence-electron chi connectivity index (χ0n) is 19.4. The summed E-state index contributed by atoms with van der Waals surface area (Å²) in [6, 6.07) is 10.6. The molecule has 1 aromatic carbocycles. The van der Waals surface area contributed by atoms with E-state index in [2.05, 4.69) is 39.5 Å². The Morgan fingerprint density at radius 1 is 1.15 bits per heavy atom. The Labute approximate surface area is 195 Å². The standard InChI is InChI=1S/C26H34N4O3/c1-19(31)30-12-9-23(10-13-30)28-24-14-22(15-27-16-24)26(33)7-6-25(32)18-29-11-8-20-4-2-3-5-21(20)17-29/h2-5,14-16,23,25,28,32H,6-13,17-18H2,1H3/t25-/m0/s1. The van der Waals surface area contributed by atoms with E-state index in [1.54, 1.807) is 19.3 Å². The molecule has 0 radical (unpaired) electrons. The number of Topliss-reactive ketones (excluding diaryl/α,β-unsaturated/α-hetero) is 1. The number of β-amino-alcohol motifs (C(OH)–C–C–N with tert-alkyl or cyclic N) is 1. The first-order valence-corrected chi connectivity index (χ1v) is 12.0. The lowest BCUT2D eigenvalue weighted by Crippen LogP contribution is -2.41. The number of hydrogen-bond donors (Lipinski definition) is 2. The van der Waals surface area contributed by atoms with Gasteiger partial charge in [-0.25, -0.2) is 0 Å². The Kier molecular flexibility index (Phi) is 7.73. The SMILES string of the molecule is CC(=O)N1CCC(Nc2cncc(C(=O)CC[C@H](O)CN3CCc4ccccc4C3)c2)CC1. The molecule has 0 bridgehead atoms. The van der Waals surface area contributed by atoms with Gasteiger partial charge in [-0.3, -0.25) is 19.5 Å². The zero-order valence-corrected chi connectivity index (χ0v) is 19.4. The normalized spacial score (nSPS) is 17.9. The molecule has 176 valence electrons. The highest BCUT2D eigenvalue weighted by atomic mass is 16.3. The highest BCUT2D eigenvalue weighted by molar-refractivity contribution is 5.96. The van der Waals surface area contributed by atoms with Crippen LogP contribution in [0, 0.1) is 0 Å². The number of piperidine rings is 1. The number of hydrogen-bond acceptors (Lipinski definition) is 6. The molecule has 0 unspecified atom stereocenters. The number of fused-ring (bicyclic) bond motifs is 1. The number of aliphatic hydroxyl groups is 1. The molecule has 2 aliphatic rings. The van der Waals surface area contributed by atoms with Crippen LogP contribution in [0.2, 0.25) is 0 Å². The number of pyridine rings is 1. The van der Waals surface area contributed by atoms with Crippen molar-refractivity contribution in [2.45, 2.75) is 57.7 Å². The number of likely N-dealkylation sites (tertiary alicyclic amines) is 1. The summed E-state index contributed by atoms with van der Waals surface area (Å²) in [4.78, 5) is 32.6. The fraction of sp³-hybridized carbons (Fsp3) is 0.500. The third-order valence-electron chi connectivity index (χ3n) is 6.75. The predicted molar refractivity (Wildman–Crippen MR) is 128 cm³/mol. The minimum Gasteiger partial charge on any atom is -0.392 e. The van der Waals surface area contributed by atoms with Crippen LogP contribution in [0.1, 0.15) is 54.1 Å². The molecule has 7 heteroatoms. The predicted octanol–water partition coefficient (Wildman–Crippen LogP) is 2.89. The van der Waals surface area contributed by atoms with E-state index in [1.807, 2.05) is 11.0 Å². The maximum atomic E-state index is 12.7. The molecule has 1 aromatic heterocycles. The summed E-state index contributed by atoms with van der Waals surface area (Å²) < 4.78 is 0. The summed E-state index contributed by atoms with van der Waals surface area (Å²) in [6.45, 7) is 5.48. The van der Waals surface area contributed by atoms with Crippen molar-refractivity contribution in [1.29, 1.82) is 0 Å². The molecule has 2 aromatic rings. The molecule has 7 nitrogen and oxygen atoms in total. The molecule has 1 atom stereocenters. The average Bonchev–Trinajstić information content (AvgIpc) is 2.83. The first-order chi connectivity index (χ1) is 16.0. The number of amides is 1. The molecule has 0 aliphatic carbocycles. The molecule has 2 N–H and O–H groups in total. The Morgan fingerprint density at radius 2 is 1.91 bits per heavy atom. The maximum Gasteiger partial charge on any atom is 0.219 e. The number of nitrogens with one attached hydrogen (secondary N) is 1. The van der Waals surface area contributed by atoms with Gasteiger partial charge in [0.05, 0.1) is 11.8 Å². The van der Waals surface area contributed by atoms with Crippen molar-refractivity contribution in [3.63, 3.8) is 0 Å². The summed E-state index contributed by atoms with van der Waals surface area (Å²) in [5.74, 6) is 0.121. The lowest BCUT2D eigenvalue weighted by molar-refractivity contribution is -0.129. The van der Waals surface area contributed by atoms with Crippen molar-refractivity contribution in [2.75, 3.05) is 31.5 Å². The molecule has 1 amide bonds. The maximum absolute atomic E-state index is 12.7. The second-order valence-electron chi connectivity index (χ2n) is 9.26. The summed E-state index contributed by atoms with van der Waals surface area (Å²) >= 11 is 0. The molecule has 0 saturated carbocycles. The quantitative estimate of drug-likeness (QED) is 0.602. The van der Waals surface area contributed by atoms with E-state index in [-0.39, 0.29) is 17.7 Å². The Hall–Kier alpha value is -2.77. The number of nitrogens with zero attached hydrogens (tertiary/aromatic N) is 3. The van der Waals surface area contributed by atoms with Gasteiger partial charge in [-0.2, -0.15) is 0 Å². The Morgan fingerprint density at radius 3 is 2.67 bits per heavy atom. The van der Waals surface area contributed by atoms with Crippen LogP contribution in [0.25, 0.3) is 0 Å². The van der Waals surface area contributed by atoms with Crippen LogP contribution >= 0.6 is 0 Å². The highest BCUT2D eigenvalue weighted by Gasteiger charge is 2.22. The fourth-order valence-electron chi connectivity index (χ4n) is 4.79. The minimum atomic E-state index is -0.528. The smallest absolute Gasteiger partial charge is 0.219 e. The van der Waals surface area contributed by atoms with Gasteiger partial charge < -0.3 is 15.3 Å². The molecule has 3 heterocycles. The molecular formula is C26H34N4O3. The van der Waals surface area contributed by atoms with E-state index in [9.17, 15) is 14.7 Å². The molecule has 33 heavy (non-hydrogen) atoms. The molecule has 1 fully saturated rings. The molecule has 1 saturated heterocycles. The molecular weight excluding hydrogens is 416 g/mol. The van der Waals surface area contributed by atoms with Gasteiger partial charge in [0.25, 0.3) is 0 Å². The summed E-state index contributed by atoms with van der Waals surface area (Å²) in [7, 11) is 0. The van der Waals surface area contributed by atoms with Crippen LogP contribution in [0.15, 0.2) is 42.7 Å². The summed E-state index contributed by atoms with van der Waals surface area (Å²) in [6.07, 6.45) is 6.31. The van der Waals surface area contributed by atoms with E-state index in [0.29, 0.717) is 24.9 Å². The lowest BCUT2D eigenvalue weighted by Gasteiger charge is -2.32. The van der Waals surface area contributed by atoms with Gasteiger partial charge in [-0.15, -0.1) is 0 Å². The van der Waals surface area contributed by atoms with Crippen LogP contribution in [-0.2, 0) is 17.8 Å². The van der Waals surface area contributed by atoms with E-state index in [0.717, 1.165) is 51.1 Å². The summed E-state index contributed by atoms with van der Waals surface area (Å²) in [5, 5.41) is 14.0. The first-order valence-electron chi connectivity index (χ1n) is 12.0. The van der Waals surface area contributed by atoms with Crippen LogP contribution in [0.4, 0.5) is 5.69 Å². The van der Waals surface area contributed by atoms with Gasteiger partial charge in [0.15, 0.2) is 5.78 Å². The van der Waals surface area contributed by atoms with E-state index < -0.39 is 6.10 Å². The van der Waals surface area contributed by atoms with Crippen molar-refractivity contribution in [1.82, 2.24) is 14.8 Å². The van der Waals surface area contributed by atoms with Crippen LogP contribution in [0.5, 0.6) is 0 Å². The van der Waals surface area contributed by atoms with Gasteiger partial charge in [0, 0.05) is 70.1 Å². The lowest BCUT2D eigenvalue weighted by atomic mass is 9.99. The molecule has 4 rings (SSSR count). The number of anilines is 1. The molecule has 2 aliphatic heterocycles. The number of carbonyl (C=O) groups is 2. The number of aromatic nitrogens is 1. The average molecular weight is 451 g/mol. The van der Waals surface area contributed by atoms with E-state index >= 15 is 0 Å². The van der Waals surface area contributed by atoms with Crippen LogP contribution in [0.3, 0.4) is 0 Å². The van der Waals surface area contributed by atoms with Gasteiger partial charge in [-0.1, -0.05) is 24.3 Å². The third kappa shape index (κ3) is 6.39. The van der Waals surface area contributed by atoms with Gasteiger partial charge >= 0.3 is 0 Å². The van der Waals surface area contributed by atoms with Gasteiger partial charge in [0.2, 0.25) is 5.91 Å². The Balaban J connectivity index is 1.23. The fourth-order valence-corrected chi connectivity index (χ4v) is 4.79. The minimum absolute atomic E-state index is 0.000545. The van der Waals surface area contributed by atoms with E-state index in [1.165, 1.54) is 11.1 Å². The van der Waals surface area contributed by atoms with Crippen molar-refractivity contribution in [3.8, 4) is 0 Å². The topological polar surface area (TPSA) is 85.8 Å². The largest absolute Gasteiger partial charge is 0.392 e. The monoisotopic (exact) mass is 450 g/mol. The van der Waals surface area contributed by atoms with Crippen molar-refractivity contribution < 1.29 is 14.7 Å². The van der Waals surface area contributed by atoms with Crippen molar-refractivity contribution in [3.05, 3.63) is 59.4 Å². The van der Waals surface area contributed by atoms with Gasteiger partial charge in [0.1, 0.15) is 0 Å². The first kappa shape index (κ1) is 23.4. The highest BCUT2D eigenvalue weighted by Crippen LogP contribution is 2.20. The van der Waals surface area contributed by atoms with Crippen molar-refractivity contribution >= 4 is 17.4 Å². The second-order valence-corrected chi connectivity index (χ2v) is 9.26. The molecule has 0 spiro atoms. The Bertz CT molecular complexity index is 972. The van der Waals surface area contributed by atoms with E-state index in [4.69, 9.17) is 0 Å². The number of benzene rings is 1. The van der Waals surface area contributed by atoms with Crippen molar-refractivity contribution in [2.24, 2.45) is 0 Å². The van der Waals surface area contributed by atoms with Crippen LogP contribution < -0.4 is 5.32 Å². The summed E-state index contributed by atoms with van der Waals surface area (Å²) in [5.41, 5.74) is 4.12. The number of ketones is 1. The zero-order chi connectivity index (χ0) is 23.2. The van der Waals surface area contributed by atoms with Gasteiger partial charge in [-0.05, 0) is 42.9 Å².